The summed E-state index contributed by atoms with van der Waals surface area (Å²) >= 11 is 0. The maximum absolute atomic E-state index is 14.0. The molecule has 2 N–H and O–H groups in total. The number of nitrogens with one attached hydrogen (secondary N) is 2. The number of allylic oxidation sites excluding steroid dienone is 1. The molecule has 3 aliphatic rings. The first-order valence-electron chi connectivity index (χ1n) is 14.7. The zero-order valence-electron chi connectivity index (χ0n) is 24.1. The molecule has 3 heterocycles. The van der Waals surface area contributed by atoms with Crippen molar-refractivity contribution >= 4 is 50.3 Å². The minimum atomic E-state index is -0.324. The van der Waals surface area contributed by atoms with E-state index >= 15 is 0 Å². The molecule has 7 heteroatoms. The molecule has 1 aliphatic carbocycles. The number of anilines is 2. The number of Topliss-reactive ketones (excluding diaryl/α,β-unsaturated/α-hetero) is 1. The lowest BCUT2D eigenvalue weighted by molar-refractivity contribution is -0.118. The molecule has 8 rings (SSSR count). The monoisotopic (exact) mass is 569 g/mol. The van der Waals surface area contributed by atoms with Crippen molar-refractivity contribution in [3.05, 3.63) is 102 Å². The van der Waals surface area contributed by atoms with Crippen LogP contribution in [0.4, 0.5) is 11.4 Å². The number of hydrogen-bond acceptors (Lipinski definition) is 5. The first-order chi connectivity index (χ1) is 20.8. The van der Waals surface area contributed by atoms with Gasteiger partial charge in [-0.1, -0.05) is 62.4 Å². The van der Waals surface area contributed by atoms with Crippen LogP contribution in [-0.2, 0) is 16.1 Å². The third kappa shape index (κ3) is 4.26. The van der Waals surface area contributed by atoms with E-state index in [9.17, 15) is 9.59 Å². The number of aromatic nitrogens is 1. The van der Waals surface area contributed by atoms with Crippen LogP contribution in [0, 0.1) is 5.41 Å². The van der Waals surface area contributed by atoms with Gasteiger partial charge in [-0.15, -0.1) is 0 Å². The number of carbonyl (C=O) groups is 2. The molecule has 5 aromatic rings. The summed E-state index contributed by atoms with van der Waals surface area (Å²) in [5.74, 6) is 1.31. The standard InChI is InChI=1S/C36H31N3O4/c1-36(2)16-25-33-23-8-4-3-7-21(23)11-13-27(33)38-35(34(25)29(40)17-36)26-18-39(28-10-6-5-9-24(26)28)19-32(41)37-22-12-14-30-31(15-22)43-20-42-30/h3-15,18,35,38H,16-17,19-20H2,1-2H3,(H,37,41). The van der Waals surface area contributed by atoms with Crippen molar-refractivity contribution in [2.45, 2.75) is 39.3 Å². The van der Waals surface area contributed by atoms with Crippen molar-refractivity contribution in [1.82, 2.24) is 4.57 Å². The topological polar surface area (TPSA) is 81.6 Å². The van der Waals surface area contributed by atoms with Gasteiger partial charge in [-0.3, -0.25) is 9.59 Å². The summed E-state index contributed by atoms with van der Waals surface area (Å²) < 4.78 is 12.8. The van der Waals surface area contributed by atoms with Crippen molar-refractivity contribution in [3.8, 4) is 11.5 Å². The molecule has 2 aliphatic heterocycles. The first-order valence-corrected chi connectivity index (χ1v) is 14.7. The number of nitrogens with zero attached hydrogens (tertiary/aromatic N) is 1. The van der Waals surface area contributed by atoms with Gasteiger partial charge in [-0.05, 0) is 52.4 Å². The van der Waals surface area contributed by atoms with Gasteiger partial charge in [-0.2, -0.15) is 0 Å². The largest absolute Gasteiger partial charge is 0.454 e. The number of ether oxygens (including phenoxy) is 2. The Kier molecular flexibility index (Phi) is 5.66. The smallest absolute Gasteiger partial charge is 0.244 e. The van der Waals surface area contributed by atoms with Crippen LogP contribution >= 0.6 is 0 Å². The molecule has 1 amide bonds. The summed E-state index contributed by atoms with van der Waals surface area (Å²) in [6.07, 6.45) is 3.36. The van der Waals surface area contributed by atoms with Gasteiger partial charge >= 0.3 is 0 Å². The van der Waals surface area contributed by atoms with Gasteiger partial charge in [0.1, 0.15) is 6.54 Å². The molecule has 214 valence electrons. The predicted octanol–water partition coefficient (Wildman–Crippen LogP) is 7.47. The summed E-state index contributed by atoms with van der Waals surface area (Å²) in [5.41, 5.74) is 6.59. The van der Waals surface area contributed by atoms with E-state index in [0.29, 0.717) is 23.6 Å². The normalized spacial score (nSPS) is 18.4. The molecule has 7 nitrogen and oxygen atoms in total. The molecule has 0 radical (unpaired) electrons. The van der Waals surface area contributed by atoms with Gasteiger partial charge in [0.2, 0.25) is 12.7 Å². The number of rotatable bonds is 4. The molecule has 1 aromatic heterocycles. The van der Waals surface area contributed by atoms with E-state index in [2.05, 4.69) is 66.9 Å². The number of hydrogen-bond donors (Lipinski definition) is 2. The number of amides is 1. The third-order valence-corrected chi connectivity index (χ3v) is 8.84. The molecule has 0 saturated heterocycles. The van der Waals surface area contributed by atoms with E-state index in [0.717, 1.165) is 56.1 Å². The van der Waals surface area contributed by atoms with E-state index in [1.165, 1.54) is 0 Å². The molecule has 0 fully saturated rings. The third-order valence-electron chi connectivity index (χ3n) is 8.84. The van der Waals surface area contributed by atoms with Crippen molar-refractivity contribution in [2.75, 3.05) is 17.4 Å². The number of carbonyl (C=O) groups excluding carboxylic acids is 2. The minimum absolute atomic E-state index is 0.121. The Morgan fingerprint density at radius 3 is 2.63 bits per heavy atom. The molecule has 1 atom stereocenters. The Morgan fingerprint density at radius 2 is 1.74 bits per heavy atom. The van der Waals surface area contributed by atoms with Crippen LogP contribution < -0.4 is 20.1 Å². The lowest BCUT2D eigenvalue weighted by Gasteiger charge is -2.40. The second-order valence-electron chi connectivity index (χ2n) is 12.5. The predicted molar refractivity (Wildman–Crippen MR) is 168 cm³/mol. The van der Waals surface area contributed by atoms with Gasteiger partial charge in [0.25, 0.3) is 0 Å². The second kappa shape index (κ2) is 9.49. The highest BCUT2D eigenvalue weighted by Crippen LogP contribution is 2.52. The molecule has 43 heavy (non-hydrogen) atoms. The molecular weight excluding hydrogens is 538 g/mol. The highest BCUT2D eigenvalue weighted by molar-refractivity contribution is 6.13. The molecule has 0 spiro atoms. The minimum Gasteiger partial charge on any atom is -0.454 e. The van der Waals surface area contributed by atoms with Crippen molar-refractivity contribution in [3.63, 3.8) is 0 Å². The first kappa shape index (κ1) is 25.7. The van der Waals surface area contributed by atoms with Crippen LogP contribution in [0.5, 0.6) is 11.5 Å². The average Bonchev–Trinajstić information content (AvgIpc) is 3.60. The number of benzene rings is 4. The van der Waals surface area contributed by atoms with E-state index in [1.54, 1.807) is 12.1 Å². The van der Waals surface area contributed by atoms with Crippen molar-refractivity contribution < 1.29 is 19.1 Å². The zero-order valence-corrected chi connectivity index (χ0v) is 24.1. The molecule has 1 unspecified atom stereocenters. The fourth-order valence-corrected chi connectivity index (χ4v) is 7.04. The summed E-state index contributed by atoms with van der Waals surface area (Å²) in [6.45, 7) is 4.66. The van der Waals surface area contributed by atoms with Crippen LogP contribution in [0.15, 0.2) is 90.6 Å². The van der Waals surface area contributed by atoms with Crippen molar-refractivity contribution in [2.24, 2.45) is 5.41 Å². The Balaban J connectivity index is 1.21. The highest BCUT2D eigenvalue weighted by atomic mass is 16.7. The number of para-hydroxylation sites is 1. The van der Waals surface area contributed by atoms with Crippen LogP contribution in [0.2, 0.25) is 0 Å². The Morgan fingerprint density at radius 1 is 0.953 bits per heavy atom. The Labute approximate surface area is 249 Å². The zero-order chi connectivity index (χ0) is 29.3. The highest BCUT2D eigenvalue weighted by Gasteiger charge is 2.41. The summed E-state index contributed by atoms with van der Waals surface area (Å²) in [4.78, 5) is 27.3. The molecular formula is C36H31N3O4. The van der Waals surface area contributed by atoms with E-state index < -0.39 is 0 Å². The van der Waals surface area contributed by atoms with Gasteiger partial charge in [-0.25, -0.2) is 0 Å². The summed E-state index contributed by atoms with van der Waals surface area (Å²) in [5, 5.41) is 10.1. The number of ketones is 1. The van der Waals surface area contributed by atoms with E-state index in [4.69, 9.17) is 9.47 Å². The molecule has 0 bridgehead atoms. The lowest BCUT2D eigenvalue weighted by Crippen LogP contribution is -2.33. The van der Waals surface area contributed by atoms with Crippen molar-refractivity contribution in [1.29, 1.82) is 0 Å². The van der Waals surface area contributed by atoms with Gasteiger partial charge in [0.05, 0.1) is 6.04 Å². The fourth-order valence-electron chi connectivity index (χ4n) is 7.04. The Bertz CT molecular complexity index is 2020. The van der Waals surface area contributed by atoms with Crippen LogP contribution in [-0.4, -0.2) is 23.1 Å². The van der Waals surface area contributed by atoms with Gasteiger partial charge in [0, 0.05) is 57.7 Å². The van der Waals surface area contributed by atoms with Crippen LogP contribution in [0.3, 0.4) is 0 Å². The van der Waals surface area contributed by atoms with Crippen LogP contribution in [0.1, 0.15) is 43.9 Å². The van der Waals surface area contributed by atoms with Crippen LogP contribution in [0.25, 0.3) is 27.2 Å². The van der Waals surface area contributed by atoms with Gasteiger partial charge in [0.15, 0.2) is 17.3 Å². The maximum Gasteiger partial charge on any atom is 0.244 e. The molecule has 4 aromatic carbocycles. The SMILES string of the molecule is CC1(C)CC(=O)C2=C(C1)c1c(ccc3ccccc13)NC2c1cn(CC(=O)Nc2ccc3c(c2)OCO3)c2ccccc12. The Hall–Kier alpha value is -5.04. The molecule has 0 saturated carbocycles. The van der Waals surface area contributed by atoms with E-state index in [-0.39, 0.29) is 36.5 Å². The summed E-state index contributed by atoms with van der Waals surface area (Å²) in [7, 11) is 0. The maximum atomic E-state index is 14.0. The lowest BCUT2D eigenvalue weighted by atomic mass is 9.68. The fraction of sp³-hybridized carbons (Fsp3) is 0.222. The van der Waals surface area contributed by atoms with E-state index in [1.807, 2.05) is 35.0 Å². The average molecular weight is 570 g/mol. The number of fused-ring (bicyclic) bond motifs is 6. The summed E-state index contributed by atoms with van der Waals surface area (Å²) in [6, 6.07) is 25.8. The van der Waals surface area contributed by atoms with Gasteiger partial charge < -0.3 is 24.7 Å². The quantitative estimate of drug-likeness (QED) is 0.235. The second-order valence-corrected chi connectivity index (χ2v) is 12.5.